The monoisotopic (exact) mass is 272 g/mol. The fraction of sp³-hybridized carbons (Fsp3) is 0.100. The molecule has 1 heterocycles. The highest BCUT2D eigenvalue weighted by atomic mass is 19.2. The summed E-state index contributed by atoms with van der Waals surface area (Å²) in [4.78, 5) is 24.7. The van der Waals surface area contributed by atoms with Crippen LogP contribution in [-0.4, -0.2) is 20.7 Å². The summed E-state index contributed by atoms with van der Waals surface area (Å²) in [6.45, 7) is 0. The number of hydrogen-bond donors (Lipinski definition) is 2. The molecule has 0 unspecified atom stereocenters. The maximum atomic E-state index is 13.3. The predicted molar refractivity (Wildman–Crippen MR) is 58.1 cm³/mol. The number of aromatic amines is 1. The largest absolute Gasteiger partial charge is 0.343 e. The van der Waals surface area contributed by atoms with Crippen LogP contribution in [0.2, 0.25) is 0 Å². The number of aryl methyl sites for hydroxylation is 1. The summed E-state index contributed by atoms with van der Waals surface area (Å²) in [6.07, 6.45) is 0. The third kappa shape index (κ3) is 2.34. The van der Waals surface area contributed by atoms with Crippen molar-refractivity contribution in [2.24, 2.45) is 7.05 Å². The van der Waals surface area contributed by atoms with E-state index in [-0.39, 0.29) is 5.82 Å². The standard InChI is InChI=1S/C10H7F3N4O2/c1-17-10(19)15-8(16-17)9(18)14-5-3-2-4(11)6(12)7(5)13/h2-3H,1H3,(H,14,18)(H,15,16,19). The summed E-state index contributed by atoms with van der Waals surface area (Å²) in [5.41, 5.74) is -1.20. The van der Waals surface area contributed by atoms with Crippen LogP contribution in [0.1, 0.15) is 10.6 Å². The van der Waals surface area contributed by atoms with Crippen molar-refractivity contribution in [1.29, 1.82) is 0 Å². The Bertz CT molecular complexity index is 707. The van der Waals surface area contributed by atoms with Crippen molar-refractivity contribution in [2.75, 3.05) is 5.32 Å². The number of amides is 1. The van der Waals surface area contributed by atoms with Crippen LogP contribution in [0.15, 0.2) is 16.9 Å². The van der Waals surface area contributed by atoms with Gasteiger partial charge in [-0.2, -0.15) is 0 Å². The van der Waals surface area contributed by atoms with Gasteiger partial charge in [0.2, 0.25) is 5.82 Å². The Morgan fingerprint density at radius 2 is 2.00 bits per heavy atom. The van der Waals surface area contributed by atoms with Gasteiger partial charge in [-0.3, -0.25) is 9.78 Å². The third-order valence-corrected chi connectivity index (χ3v) is 2.27. The first-order chi connectivity index (χ1) is 8.90. The van der Waals surface area contributed by atoms with Crippen LogP contribution in [0.3, 0.4) is 0 Å². The minimum atomic E-state index is -1.70. The summed E-state index contributed by atoms with van der Waals surface area (Å²) in [5, 5.41) is 5.49. The molecule has 0 atom stereocenters. The molecule has 0 aliphatic rings. The van der Waals surface area contributed by atoms with Crippen molar-refractivity contribution >= 4 is 11.6 Å². The molecule has 2 N–H and O–H groups in total. The van der Waals surface area contributed by atoms with Gasteiger partial charge in [0.05, 0.1) is 5.69 Å². The average Bonchev–Trinajstić information content (AvgIpc) is 2.70. The first-order valence-electron chi connectivity index (χ1n) is 4.98. The van der Waals surface area contributed by atoms with E-state index in [0.29, 0.717) is 6.07 Å². The Hall–Kier alpha value is -2.58. The summed E-state index contributed by atoms with van der Waals surface area (Å²) in [5.74, 6) is -5.94. The van der Waals surface area contributed by atoms with Crippen LogP contribution in [0.4, 0.5) is 18.9 Å². The highest BCUT2D eigenvalue weighted by Gasteiger charge is 2.18. The van der Waals surface area contributed by atoms with Gasteiger partial charge in [-0.1, -0.05) is 0 Å². The van der Waals surface area contributed by atoms with E-state index in [1.54, 1.807) is 0 Å². The van der Waals surface area contributed by atoms with Gasteiger partial charge in [-0.15, -0.1) is 5.10 Å². The molecule has 0 saturated heterocycles. The molecule has 0 saturated carbocycles. The second-order valence-electron chi connectivity index (χ2n) is 3.58. The van der Waals surface area contributed by atoms with Gasteiger partial charge < -0.3 is 5.32 Å². The lowest BCUT2D eigenvalue weighted by Gasteiger charge is -2.05. The molecule has 100 valence electrons. The summed E-state index contributed by atoms with van der Waals surface area (Å²) in [6, 6.07) is 1.52. The van der Waals surface area contributed by atoms with Crippen molar-refractivity contribution in [1.82, 2.24) is 14.8 Å². The lowest BCUT2D eigenvalue weighted by atomic mass is 10.2. The van der Waals surface area contributed by atoms with Crippen LogP contribution in [0.5, 0.6) is 0 Å². The van der Waals surface area contributed by atoms with Gasteiger partial charge in [-0.25, -0.2) is 22.6 Å². The zero-order chi connectivity index (χ0) is 14.2. The number of nitrogens with zero attached hydrogens (tertiary/aromatic N) is 2. The van der Waals surface area contributed by atoms with E-state index in [1.807, 2.05) is 5.32 Å². The molecule has 1 aromatic carbocycles. The minimum Gasteiger partial charge on any atom is -0.317 e. The third-order valence-electron chi connectivity index (χ3n) is 2.27. The summed E-state index contributed by atoms with van der Waals surface area (Å²) in [7, 11) is 1.30. The molecule has 6 nitrogen and oxygen atoms in total. The Balaban J connectivity index is 2.29. The molecule has 1 aromatic heterocycles. The van der Waals surface area contributed by atoms with E-state index in [9.17, 15) is 22.8 Å². The summed E-state index contributed by atoms with van der Waals surface area (Å²) >= 11 is 0. The van der Waals surface area contributed by atoms with Crippen LogP contribution >= 0.6 is 0 Å². The van der Waals surface area contributed by atoms with Gasteiger partial charge in [0, 0.05) is 7.05 Å². The van der Waals surface area contributed by atoms with Crippen molar-refractivity contribution in [3.63, 3.8) is 0 Å². The van der Waals surface area contributed by atoms with Gasteiger partial charge in [0.25, 0.3) is 5.91 Å². The number of rotatable bonds is 2. The number of carbonyl (C=O) groups excluding carboxylic acids is 1. The molecular weight excluding hydrogens is 265 g/mol. The molecule has 19 heavy (non-hydrogen) atoms. The van der Waals surface area contributed by atoms with E-state index < -0.39 is 34.7 Å². The number of nitrogens with one attached hydrogen (secondary N) is 2. The SMILES string of the molecule is Cn1nc(C(=O)Nc2ccc(F)c(F)c2F)[nH]c1=O. The molecule has 2 aromatic rings. The normalized spacial score (nSPS) is 10.5. The van der Waals surface area contributed by atoms with Crippen LogP contribution in [0, 0.1) is 17.5 Å². The Morgan fingerprint density at radius 3 is 2.58 bits per heavy atom. The fourth-order valence-corrected chi connectivity index (χ4v) is 1.31. The molecular formula is C10H7F3N4O2. The quantitative estimate of drug-likeness (QED) is 0.793. The van der Waals surface area contributed by atoms with E-state index >= 15 is 0 Å². The summed E-state index contributed by atoms with van der Waals surface area (Å²) < 4.78 is 39.8. The molecule has 0 aliphatic heterocycles. The molecule has 0 fully saturated rings. The highest BCUT2D eigenvalue weighted by molar-refractivity contribution is 6.01. The molecule has 0 radical (unpaired) electrons. The van der Waals surface area contributed by atoms with Gasteiger partial charge in [0.1, 0.15) is 0 Å². The highest BCUT2D eigenvalue weighted by Crippen LogP contribution is 2.19. The van der Waals surface area contributed by atoms with Crippen LogP contribution < -0.4 is 11.0 Å². The molecule has 0 bridgehead atoms. The van der Waals surface area contributed by atoms with E-state index in [2.05, 4.69) is 10.1 Å². The predicted octanol–water partition coefficient (Wildman–Crippen LogP) is 0.778. The van der Waals surface area contributed by atoms with Gasteiger partial charge in [0.15, 0.2) is 17.5 Å². The molecule has 0 spiro atoms. The maximum absolute atomic E-state index is 13.3. The topological polar surface area (TPSA) is 79.8 Å². The van der Waals surface area contributed by atoms with Gasteiger partial charge in [-0.05, 0) is 12.1 Å². The Kier molecular flexibility index (Phi) is 3.11. The number of benzene rings is 1. The van der Waals surface area contributed by atoms with Crippen molar-refractivity contribution in [3.8, 4) is 0 Å². The van der Waals surface area contributed by atoms with E-state index in [1.165, 1.54) is 7.05 Å². The van der Waals surface area contributed by atoms with Crippen LogP contribution in [-0.2, 0) is 7.05 Å². The number of hydrogen-bond acceptors (Lipinski definition) is 3. The Labute approximate surface area is 103 Å². The number of carbonyl (C=O) groups is 1. The molecule has 9 heteroatoms. The first kappa shape index (κ1) is 12.9. The molecule has 2 rings (SSSR count). The second kappa shape index (κ2) is 4.59. The van der Waals surface area contributed by atoms with Crippen LogP contribution in [0.25, 0.3) is 0 Å². The molecule has 1 amide bonds. The molecule has 0 aliphatic carbocycles. The number of halogens is 3. The zero-order valence-corrected chi connectivity index (χ0v) is 9.50. The number of anilines is 1. The lowest BCUT2D eigenvalue weighted by molar-refractivity contribution is 0.101. The fourth-order valence-electron chi connectivity index (χ4n) is 1.31. The lowest BCUT2D eigenvalue weighted by Crippen LogP contribution is -2.16. The van der Waals surface area contributed by atoms with Gasteiger partial charge >= 0.3 is 5.69 Å². The smallest absolute Gasteiger partial charge is 0.317 e. The van der Waals surface area contributed by atoms with Crippen molar-refractivity contribution < 1.29 is 18.0 Å². The van der Waals surface area contributed by atoms with Crippen molar-refractivity contribution in [3.05, 3.63) is 45.9 Å². The van der Waals surface area contributed by atoms with Crippen molar-refractivity contribution in [2.45, 2.75) is 0 Å². The Morgan fingerprint density at radius 1 is 1.32 bits per heavy atom. The number of aromatic nitrogens is 3. The number of H-pyrrole nitrogens is 1. The minimum absolute atomic E-state index is 0.378. The van der Waals surface area contributed by atoms with E-state index in [4.69, 9.17) is 0 Å². The maximum Gasteiger partial charge on any atom is 0.343 e. The first-order valence-corrected chi connectivity index (χ1v) is 4.98. The zero-order valence-electron chi connectivity index (χ0n) is 9.50. The average molecular weight is 272 g/mol. The second-order valence-corrected chi connectivity index (χ2v) is 3.58. The van der Waals surface area contributed by atoms with E-state index in [0.717, 1.165) is 10.7 Å².